The average Bonchev–Trinajstić information content (AvgIpc) is 3.11. The van der Waals surface area contributed by atoms with Gasteiger partial charge in [-0.3, -0.25) is 9.59 Å². The highest BCUT2D eigenvalue weighted by Crippen LogP contribution is 2.65. The highest BCUT2D eigenvalue weighted by molar-refractivity contribution is 5.67. The minimum Gasteiger partial charge on any atom is -0.462 e. The zero-order valence-corrected chi connectivity index (χ0v) is 22.9. The molecule has 0 aromatic rings. The standard InChI is InChI=1S/C30H46O5/c1-18(2)13-15-33-19(3)25-10-11-26-24-9-8-22-16-23(34-20(4)31)17-28(35-21(5)32)30(22,7)27(24)12-14-29(25,26)6/h8-9,18-19,23,25-28H,10-17H2,1-7H3/t19?,23-,25-,26+,27+,28+,29-,30+/m1/s1. The number of carbonyl (C=O) groups excluding carboxylic acids is 2. The van der Waals surface area contributed by atoms with Crippen LogP contribution in [0.25, 0.3) is 0 Å². The van der Waals surface area contributed by atoms with Gasteiger partial charge in [-0.2, -0.15) is 0 Å². The Morgan fingerprint density at radius 3 is 2.37 bits per heavy atom. The lowest BCUT2D eigenvalue weighted by Crippen LogP contribution is -2.54. The van der Waals surface area contributed by atoms with Crippen LogP contribution in [0.4, 0.5) is 0 Å². The summed E-state index contributed by atoms with van der Waals surface area (Å²) in [6, 6.07) is 0. The van der Waals surface area contributed by atoms with Crippen molar-refractivity contribution in [3.8, 4) is 0 Å². The lowest BCUT2D eigenvalue weighted by molar-refractivity contribution is -0.165. The maximum absolute atomic E-state index is 12.1. The van der Waals surface area contributed by atoms with Crippen molar-refractivity contribution in [1.29, 1.82) is 0 Å². The smallest absolute Gasteiger partial charge is 0.302 e. The molecule has 0 amide bonds. The fourth-order valence-corrected chi connectivity index (χ4v) is 8.12. The van der Waals surface area contributed by atoms with E-state index in [2.05, 4.69) is 46.8 Å². The van der Waals surface area contributed by atoms with Gasteiger partial charge < -0.3 is 14.2 Å². The van der Waals surface area contributed by atoms with E-state index in [0.29, 0.717) is 30.1 Å². The van der Waals surface area contributed by atoms with Crippen molar-refractivity contribution in [1.82, 2.24) is 0 Å². The van der Waals surface area contributed by atoms with Crippen molar-refractivity contribution >= 4 is 11.9 Å². The Bertz CT molecular complexity index is 887. The summed E-state index contributed by atoms with van der Waals surface area (Å²) in [4.78, 5) is 23.8. The van der Waals surface area contributed by atoms with Gasteiger partial charge in [-0.1, -0.05) is 51.0 Å². The zero-order valence-electron chi connectivity index (χ0n) is 22.9. The maximum Gasteiger partial charge on any atom is 0.302 e. The van der Waals surface area contributed by atoms with Gasteiger partial charge in [0.15, 0.2) is 0 Å². The molecule has 0 heterocycles. The molecule has 0 saturated heterocycles. The monoisotopic (exact) mass is 486 g/mol. The van der Waals surface area contributed by atoms with Gasteiger partial charge in [-0.25, -0.2) is 0 Å². The van der Waals surface area contributed by atoms with Crippen LogP contribution in [-0.2, 0) is 23.8 Å². The Kier molecular flexibility index (Phi) is 7.58. The number of ether oxygens (including phenoxy) is 3. The molecule has 0 aromatic carbocycles. The number of allylic oxidation sites excluding steroid dienone is 3. The third kappa shape index (κ3) is 4.86. The van der Waals surface area contributed by atoms with Crippen LogP contribution in [0, 0.1) is 34.5 Å². The highest BCUT2D eigenvalue weighted by Gasteiger charge is 2.60. The minimum absolute atomic E-state index is 0.236. The quantitative estimate of drug-likeness (QED) is 0.389. The fraction of sp³-hybridized carbons (Fsp3) is 0.800. The summed E-state index contributed by atoms with van der Waals surface area (Å²) in [6.45, 7) is 15.4. The number of hydrogen-bond donors (Lipinski definition) is 0. The minimum atomic E-state index is -0.280. The lowest BCUT2D eigenvalue weighted by Gasteiger charge is -2.57. The summed E-state index contributed by atoms with van der Waals surface area (Å²) in [5, 5.41) is 0. The number of hydrogen-bond acceptors (Lipinski definition) is 5. The summed E-state index contributed by atoms with van der Waals surface area (Å²) in [6.07, 6.45) is 11.5. The van der Waals surface area contributed by atoms with E-state index < -0.39 is 0 Å². The van der Waals surface area contributed by atoms with Gasteiger partial charge in [0.05, 0.1) is 6.10 Å². The maximum atomic E-state index is 12.1. The molecule has 5 nitrogen and oxygen atoms in total. The summed E-state index contributed by atoms with van der Waals surface area (Å²) in [5.74, 6) is 1.61. The second-order valence-electron chi connectivity index (χ2n) is 12.5. The van der Waals surface area contributed by atoms with Crippen LogP contribution in [0.3, 0.4) is 0 Å². The second-order valence-corrected chi connectivity index (χ2v) is 12.5. The molecular weight excluding hydrogens is 440 g/mol. The van der Waals surface area contributed by atoms with Crippen LogP contribution >= 0.6 is 0 Å². The van der Waals surface area contributed by atoms with E-state index in [1.807, 2.05) is 0 Å². The third-order valence-electron chi connectivity index (χ3n) is 9.96. The molecule has 0 aliphatic heterocycles. The van der Waals surface area contributed by atoms with Gasteiger partial charge in [0.25, 0.3) is 0 Å². The molecule has 5 heteroatoms. The molecule has 0 bridgehead atoms. The molecular formula is C30H46O5. The SMILES string of the molecule is CC(=O)O[C@@H]1CC2=CC=C3[C@@H]4CC[C@H](C(C)OCCC(C)C)[C@@]4(C)CC[C@@H]3[C@@]2(C)[C@@H](OC(C)=O)C1. The Balaban J connectivity index is 1.59. The van der Waals surface area contributed by atoms with Gasteiger partial charge >= 0.3 is 11.9 Å². The molecule has 4 aliphatic rings. The highest BCUT2D eigenvalue weighted by atomic mass is 16.6. The van der Waals surface area contributed by atoms with Crippen molar-refractivity contribution in [3.05, 3.63) is 23.3 Å². The van der Waals surface area contributed by atoms with E-state index in [0.717, 1.165) is 25.9 Å². The van der Waals surface area contributed by atoms with Crippen LogP contribution in [0.1, 0.15) is 93.4 Å². The molecule has 8 atom stereocenters. The molecule has 0 aromatic heterocycles. The largest absolute Gasteiger partial charge is 0.462 e. The normalized spacial score (nSPS) is 39.0. The van der Waals surface area contributed by atoms with Crippen LogP contribution in [0.5, 0.6) is 0 Å². The number of esters is 2. The van der Waals surface area contributed by atoms with E-state index in [1.165, 1.54) is 38.7 Å². The Labute approximate surface area is 212 Å². The van der Waals surface area contributed by atoms with E-state index in [4.69, 9.17) is 14.2 Å². The predicted octanol–water partition coefficient (Wildman–Crippen LogP) is 6.41. The van der Waals surface area contributed by atoms with E-state index >= 15 is 0 Å². The summed E-state index contributed by atoms with van der Waals surface area (Å²) in [5.41, 5.74) is 2.81. The van der Waals surface area contributed by atoms with Crippen molar-refractivity contribution < 1.29 is 23.8 Å². The van der Waals surface area contributed by atoms with E-state index in [1.54, 1.807) is 5.57 Å². The van der Waals surface area contributed by atoms with Crippen LogP contribution in [-0.4, -0.2) is 36.9 Å². The average molecular weight is 487 g/mol. The summed E-state index contributed by atoms with van der Waals surface area (Å²) in [7, 11) is 0. The first-order chi connectivity index (χ1) is 16.5. The van der Waals surface area contributed by atoms with E-state index in [-0.39, 0.29) is 41.1 Å². The zero-order chi connectivity index (χ0) is 25.5. The molecule has 3 saturated carbocycles. The van der Waals surface area contributed by atoms with Crippen molar-refractivity contribution in [3.63, 3.8) is 0 Å². The first-order valence-electron chi connectivity index (χ1n) is 13.8. The van der Waals surface area contributed by atoms with E-state index in [9.17, 15) is 9.59 Å². The molecule has 3 fully saturated rings. The molecule has 0 radical (unpaired) electrons. The van der Waals surface area contributed by atoms with Crippen LogP contribution in [0.2, 0.25) is 0 Å². The van der Waals surface area contributed by atoms with Crippen molar-refractivity contribution in [2.45, 2.75) is 112 Å². The first-order valence-corrected chi connectivity index (χ1v) is 13.8. The molecule has 0 N–H and O–H groups in total. The Hall–Kier alpha value is -1.62. The third-order valence-corrected chi connectivity index (χ3v) is 9.96. The van der Waals surface area contributed by atoms with Crippen molar-refractivity contribution in [2.24, 2.45) is 34.5 Å². The van der Waals surface area contributed by atoms with Gasteiger partial charge in [0.2, 0.25) is 0 Å². The van der Waals surface area contributed by atoms with Gasteiger partial charge in [-0.05, 0) is 68.1 Å². The second kappa shape index (κ2) is 10.0. The summed E-state index contributed by atoms with van der Waals surface area (Å²) < 4.78 is 17.9. The summed E-state index contributed by atoms with van der Waals surface area (Å²) >= 11 is 0. The number of carbonyl (C=O) groups is 2. The van der Waals surface area contributed by atoms with Gasteiger partial charge in [0.1, 0.15) is 12.2 Å². The molecule has 35 heavy (non-hydrogen) atoms. The number of fused-ring (bicyclic) bond motifs is 5. The Morgan fingerprint density at radius 1 is 1.00 bits per heavy atom. The molecule has 0 spiro atoms. The predicted molar refractivity (Wildman–Crippen MR) is 137 cm³/mol. The molecule has 1 unspecified atom stereocenters. The molecule has 4 rings (SSSR count). The van der Waals surface area contributed by atoms with Crippen LogP contribution < -0.4 is 0 Å². The lowest BCUT2D eigenvalue weighted by atomic mass is 9.49. The molecule has 196 valence electrons. The van der Waals surface area contributed by atoms with Crippen LogP contribution in [0.15, 0.2) is 23.3 Å². The van der Waals surface area contributed by atoms with Gasteiger partial charge in [-0.15, -0.1) is 0 Å². The molecule has 4 aliphatic carbocycles. The van der Waals surface area contributed by atoms with Gasteiger partial charge in [0, 0.05) is 38.7 Å². The fourth-order valence-electron chi connectivity index (χ4n) is 8.12. The topological polar surface area (TPSA) is 61.8 Å². The first kappa shape index (κ1) is 26.4. The van der Waals surface area contributed by atoms with Crippen molar-refractivity contribution in [2.75, 3.05) is 6.61 Å². The Morgan fingerprint density at radius 2 is 1.71 bits per heavy atom. The number of rotatable bonds is 7.